The molecule has 0 spiro atoms. The molecule has 0 unspecified atom stereocenters. The van der Waals surface area contributed by atoms with Gasteiger partial charge < -0.3 is 10.2 Å². The van der Waals surface area contributed by atoms with Gasteiger partial charge in [0.05, 0.1) is 5.56 Å². The second-order valence-electron chi connectivity index (χ2n) is 5.09. The van der Waals surface area contributed by atoms with Crippen molar-refractivity contribution >= 4 is 5.82 Å². The molecule has 0 atom stereocenters. The van der Waals surface area contributed by atoms with Gasteiger partial charge in [-0.2, -0.15) is 13.2 Å². The number of pyridine rings is 1. The van der Waals surface area contributed by atoms with Crippen molar-refractivity contribution in [2.24, 2.45) is 0 Å². The summed E-state index contributed by atoms with van der Waals surface area (Å²) in [7, 11) is 0. The summed E-state index contributed by atoms with van der Waals surface area (Å²) < 4.78 is 38.9. The number of nitrogens with one attached hydrogen (secondary N) is 1. The molecule has 1 N–H and O–H groups in total. The SMILES string of the molecule is CCCNC1CCN(c2ncccc2C(F)(F)F)CC1. The molecule has 0 bridgehead atoms. The Bertz CT molecular complexity index is 426. The number of hydrogen-bond acceptors (Lipinski definition) is 3. The van der Waals surface area contributed by atoms with Gasteiger partial charge in [-0.1, -0.05) is 6.92 Å². The van der Waals surface area contributed by atoms with Gasteiger partial charge >= 0.3 is 6.18 Å². The molecule has 1 aliphatic rings. The molecule has 0 saturated carbocycles. The van der Waals surface area contributed by atoms with E-state index >= 15 is 0 Å². The van der Waals surface area contributed by atoms with Crippen LogP contribution < -0.4 is 10.2 Å². The quantitative estimate of drug-likeness (QED) is 0.922. The Hall–Kier alpha value is -1.30. The van der Waals surface area contributed by atoms with Gasteiger partial charge in [0, 0.05) is 25.3 Å². The maximum Gasteiger partial charge on any atom is 0.419 e. The van der Waals surface area contributed by atoms with E-state index in [9.17, 15) is 13.2 Å². The van der Waals surface area contributed by atoms with E-state index in [1.54, 1.807) is 4.90 Å². The molecule has 2 heterocycles. The third-order valence-electron chi connectivity index (χ3n) is 3.57. The fraction of sp³-hybridized carbons (Fsp3) is 0.643. The lowest BCUT2D eigenvalue weighted by molar-refractivity contribution is -0.137. The van der Waals surface area contributed by atoms with Gasteiger partial charge in [-0.15, -0.1) is 0 Å². The van der Waals surface area contributed by atoms with Crippen molar-refractivity contribution in [1.82, 2.24) is 10.3 Å². The maximum atomic E-state index is 13.0. The van der Waals surface area contributed by atoms with E-state index < -0.39 is 11.7 Å². The lowest BCUT2D eigenvalue weighted by Crippen LogP contribution is -2.43. The number of halogens is 3. The number of anilines is 1. The van der Waals surface area contributed by atoms with E-state index in [0.29, 0.717) is 19.1 Å². The van der Waals surface area contributed by atoms with Gasteiger partial charge in [-0.25, -0.2) is 4.98 Å². The summed E-state index contributed by atoms with van der Waals surface area (Å²) in [5.41, 5.74) is -0.639. The Labute approximate surface area is 117 Å². The van der Waals surface area contributed by atoms with Crippen LogP contribution in [0.15, 0.2) is 18.3 Å². The molecule has 1 aromatic heterocycles. The van der Waals surface area contributed by atoms with Gasteiger partial charge in [-0.3, -0.25) is 0 Å². The van der Waals surface area contributed by atoms with Gasteiger partial charge in [0.25, 0.3) is 0 Å². The standard InChI is InChI=1S/C14H20F3N3/c1-2-7-18-11-5-9-20(10-6-11)13-12(14(15,16)17)4-3-8-19-13/h3-4,8,11,18H,2,5-7,9-10H2,1H3. The Morgan fingerprint density at radius 3 is 2.65 bits per heavy atom. The highest BCUT2D eigenvalue weighted by Gasteiger charge is 2.36. The largest absolute Gasteiger partial charge is 0.419 e. The third kappa shape index (κ3) is 3.62. The Kier molecular flexibility index (Phi) is 4.86. The summed E-state index contributed by atoms with van der Waals surface area (Å²) in [6.45, 7) is 4.29. The molecule has 6 heteroatoms. The van der Waals surface area contributed by atoms with E-state index in [-0.39, 0.29) is 5.82 Å². The third-order valence-corrected chi connectivity index (χ3v) is 3.57. The summed E-state index contributed by atoms with van der Waals surface area (Å²) in [5.74, 6) is 0.0638. The first-order valence-electron chi connectivity index (χ1n) is 7.03. The average Bonchev–Trinajstić information content (AvgIpc) is 2.45. The van der Waals surface area contributed by atoms with Crippen LogP contribution in [0.2, 0.25) is 0 Å². The Morgan fingerprint density at radius 1 is 1.35 bits per heavy atom. The van der Waals surface area contributed by atoms with Crippen molar-refractivity contribution in [3.05, 3.63) is 23.9 Å². The number of rotatable bonds is 4. The minimum absolute atomic E-state index is 0.0638. The first-order chi connectivity index (χ1) is 9.52. The highest BCUT2D eigenvalue weighted by molar-refractivity contribution is 5.48. The molecule has 0 radical (unpaired) electrons. The van der Waals surface area contributed by atoms with Crippen molar-refractivity contribution in [2.45, 2.75) is 38.4 Å². The minimum atomic E-state index is -4.35. The van der Waals surface area contributed by atoms with Crippen molar-refractivity contribution in [3.63, 3.8) is 0 Å². The molecule has 0 amide bonds. The zero-order chi connectivity index (χ0) is 14.6. The molecule has 2 rings (SSSR count). The van der Waals surface area contributed by atoms with Crippen LogP contribution in [0.1, 0.15) is 31.7 Å². The van der Waals surface area contributed by atoms with Crippen LogP contribution in [0.5, 0.6) is 0 Å². The van der Waals surface area contributed by atoms with Gasteiger partial charge in [0.15, 0.2) is 0 Å². The normalized spacial score (nSPS) is 17.5. The van der Waals surface area contributed by atoms with Gasteiger partial charge in [0.1, 0.15) is 5.82 Å². The van der Waals surface area contributed by atoms with Crippen LogP contribution >= 0.6 is 0 Å². The second-order valence-corrected chi connectivity index (χ2v) is 5.09. The molecule has 1 saturated heterocycles. The van der Waals surface area contributed by atoms with Crippen LogP contribution in [0.3, 0.4) is 0 Å². The van der Waals surface area contributed by atoms with Crippen LogP contribution in [-0.2, 0) is 6.18 Å². The molecule has 0 aromatic carbocycles. The van der Waals surface area contributed by atoms with Crippen LogP contribution in [0, 0.1) is 0 Å². The molecule has 1 aliphatic heterocycles. The topological polar surface area (TPSA) is 28.2 Å². The van der Waals surface area contributed by atoms with Crippen molar-refractivity contribution < 1.29 is 13.2 Å². The van der Waals surface area contributed by atoms with Crippen LogP contribution in [0.25, 0.3) is 0 Å². The predicted molar refractivity (Wildman–Crippen MR) is 72.8 cm³/mol. The highest BCUT2D eigenvalue weighted by atomic mass is 19.4. The summed E-state index contributed by atoms with van der Waals surface area (Å²) >= 11 is 0. The number of hydrogen-bond donors (Lipinski definition) is 1. The molecular weight excluding hydrogens is 267 g/mol. The zero-order valence-corrected chi connectivity index (χ0v) is 11.6. The van der Waals surface area contributed by atoms with Gasteiger partial charge in [-0.05, 0) is 37.9 Å². The second kappa shape index (κ2) is 6.43. The average molecular weight is 287 g/mol. The smallest absolute Gasteiger partial charge is 0.356 e. The number of piperidine rings is 1. The molecule has 3 nitrogen and oxygen atoms in total. The summed E-state index contributed by atoms with van der Waals surface area (Å²) in [6, 6.07) is 2.84. The fourth-order valence-corrected chi connectivity index (χ4v) is 2.51. The van der Waals surface area contributed by atoms with Crippen molar-refractivity contribution in [2.75, 3.05) is 24.5 Å². The van der Waals surface area contributed by atoms with Gasteiger partial charge in [0.2, 0.25) is 0 Å². The fourth-order valence-electron chi connectivity index (χ4n) is 2.51. The first kappa shape index (κ1) is 15.1. The molecule has 1 fully saturated rings. The number of alkyl halides is 3. The van der Waals surface area contributed by atoms with Crippen LogP contribution in [0.4, 0.5) is 19.0 Å². The number of nitrogens with zero attached hydrogens (tertiary/aromatic N) is 2. The number of aromatic nitrogens is 1. The Balaban J connectivity index is 2.04. The van der Waals surface area contributed by atoms with E-state index in [1.165, 1.54) is 12.3 Å². The van der Waals surface area contributed by atoms with E-state index in [2.05, 4.69) is 17.2 Å². The maximum absolute atomic E-state index is 13.0. The molecule has 112 valence electrons. The zero-order valence-electron chi connectivity index (χ0n) is 11.6. The molecule has 20 heavy (non-hydrogen) atoms. The summed E-state index contributed by atoms with van der Waals surface area (Å²) in [4.78, 5) is 5.68. The first-order valence-corrected chi connectivity index (χ1v) is 7.03. The van der Waals surface area contributed by atoms with E-state index in [0.717, 1.165) is 31.9 Å². The highest BCUT2D eigenvalue weighted by Crippen LogP contribution is 2.35. The minimum Gasteiger partial charge on any atom is -0.356 e. The summed E-state index contributed by atoms with van der Waals surface area (Å²) in [6.07, 6.45) is -0.146. The van der Waals surface area contributed by atoms with Crippen molar-refractivity contribution in [1.29, 1.82) is 0 Å². The van der Waals surface area contributed by atoms with Crippen molar-refractivity contribution in [3.8, 4) is 0 Å². The van der Waals surface area contributed by atoms with E-state index in [1.807, 2.05) is 0 Å². The van der Waals surface area contributed by atoms with Crippen LogP contribution in [-0.4, -0.2) is 30.7 Å². The summed E-state index contributed by atoms with van der Waals surface area (Å²) in [5, 5.41) is 3.42. The molecular formula is C14H20F3N3. The predicted octanol–water partition coefficient (Wildman–Crippen LogP) is 3.07. The Morgan fingerprint density at radius 2 is 2.05 bits per heavy atom. The lowest BCUT2D eigenvalue weighted by atomic mass is 10.0. The monoisotopic (exact) mass is 287 g/mol. The van der Waals surface area contributed by atoms with E-state index in [4.69, 9.17) is 0 Å². The molecule has 0 aliphatic carbocycles. The molecule has 1 aromatic rings. The lowest BCUT2D eigenvalue weighted by Gasteiger charge is -2.34.